The fourth-order valence-electron chi connectivity index (χ4n) is 1.70. The van der Waals surface area contributed by atoms with Crippen LogP contribution in [-0.2, 0) is 16.6 Å². The maximum atomic E-state index is 12.1. The van der Waals surface area contributed by atoms with Crippen molar-refractivity contribution in [2.75, 3.05) is 0 Å². The van der Waals surface area contributed by atoms with Crippen molar-refractivity contribution in [2.45, 2.75) is 31.3 Å². The van der Waals surface area contributed by atoms with E-state index < -0.39 is 16.0 Å². The van der Waals surface area contributed by atoms with E-state index in [1.54, 1.807) is 13.8 Å². The Kier molecular flexibility index (Phi) is 4.04. The summed E-state index contributed by atoms with van der Waals surface area (Å²) in [7, 11) is -3.86. The van der Waals surface area contributed by atoms with Crippen LogP contribution in [0.15, 0.2) is 17.2 Å². The van der Waals surface area contributed by atoms with Crippen LogP contribution in [0, 0.1) is 0 Å². The van der Waals surface area contributed by atoms with E-state index in [0.717, 1.165) is 6.07 Å². The third-order valence-corrected chi connectivity index (χ3v) is 4.09. The monoisotopic (exact) mass is 314 g/mol. The summed E-state index contributed by atoms with van der Waals surface area (Å²) < 4.78 is 27.9. The number of tetrazole rings is 1. The zero-order valence-corrected chi connectivity index (χ0v) is 12.1. The van der Waals surface area contributed by atoms with Gasteiger partial charge < -0.3 is 9.67 Å². The predicted molar refractivity (Wildman–Crippen MR) is 70.0 cm³/mol. The maximum absolute atomic E-state index is 12.1. The quantitative estimate of drug-likeness (QED) is 0.667. The minimum Gasteiger partial charge on any atom is -0.477 e. The van der Waals surface area contributed by atoms with Crippen LogP contribution in [0.2, 0.25) is 0 Å². The van der Waals surface area contributed by atoms with Gasteiger partial charge in [0.2, 0.25) is 10.0 Å². The number of aromatic amines is 1. The Morgan fingerprint density at radius 2 is 2.24 bits per heavy atom. The maximum Gasteiger partial charge on any atom is 0.352 e. The molecule has 10 nitrogen and oxygen atoms in total. The van der Waals surface area contributed by atoms with Gasteiger partial charge in [0.05, 0.1) is 6.54 Å². The number of hydrogen-bond acceptors (Lipinski definition) is 6. The van der Waals surface area contributed by atoms with Crippen molar-refractivity contribution in [1.82, 2.24) is 29.9 Å². The Balaban J connectivity index is 2.27. The van der Waals surface area contributed by atoms with Crippen molar-refractivity contribution >= 4 is 16.0 Å². The molecule has 0 unspecified atom stereocenters. The van der Waals surface area contributed by atoms with Crippen LogP contribution >= 0.6 is 0 Å². The smallest absolute Gasteiger partial charge is 0.352 e. The van der Waals surface area contributed by atoms with Gasteiger partial charge in [-0.25, -0.2) is 17.9 Å². The van der Waals surface area contributed by atoms with Gasteiger partial charge in [0.15, 0.2) is 5.82 Å². The molecule has 2 aromatic rings. The Morgan fingerprint density at radius 3 is 2.71 bits per heavy atom. The number of sulfonamides is 1. The first-order valence-corrected chi connectivity index (χ1v) is 7.46. The predicted octanol–water partition coefficient (Wildman–Crippen LogP) is -0.241. The van der Waals surface area contributed by atoms with Crippen molar-refractivity contribution in [1.29, 1.82) is 0 Å². The molecule has 0 amide bonds. The van der Waals surface area contributed by atoms with E-state index in [9.17, 15) is 13.2 Å². The molecule has 11 heteroatoms. The fourth-order valence-corrected chi connectivity index (χ4v) is 2.70. The average Bonchev–Trinajstić information content (AvgIpc) is 3.06. The molecule has 0 fully saturated rings. The lowest BCUT2D eigenvalue weighted by atomic mass is 10.3. The molecular formula is C10H14N6O4S. The molecule has 2 heterocycles. The molecule has 0 aliphatic heterocycles. The van der Waals surface area contributed by atoms with E-state index in [2.05, 4.69) is 25.3 Å². The van der Waals surface area contributed by atoms with Gasteiger partial charge in [-0.1, -0.05) is 5.21 Å². The molecule has 0 aromatic carbocycles. The van der Waals surface area contributed by atoms with Gasteiger partial charge in [0, 0.05) is 12.2 Å². The Bertz CT molecular complexity index is 734. The largest absolute Gasteiger partial charge is 0.477 e. The number of aromatic carboxylic acids is 1. The van der Waals surface area contributed by atoms with Gasteiger partial charge in [0.25, 0.3) is 0 Å². The first-order chi connectivity index (χ1) is 9.81. The molecule has 0 aliphatic carbocycles. The minimum atomic E-state index is -3.86. The van der Waals surface area contributed by atoms with E-state index in [4.69, 9.17) is 5.11 Å². The summed E-state index contributed by atoms with van der Waals surface area (Å²) in [6.07, 6.45) is 1.28. The second-order valence-corrected chi connectivity index (χ2v) is 6.29. The highest BCUT2D eigenvalue weighted by Crippen LogP contribution is 2.19. The average molecular weight is 314 g/mol. The molecule has 21 heavy (non-hydrogen) atoms. The molecule has 0 spiro atoms. The van der Waals surface area contributed by atoms with E-state index in [-0.39, 0.29) is 29.0 Å². The lowest BCUT2D eigenvalue weighted by molar-refractivity contribution is 0.0683. The first kappa shape index (κ1) is 15.1. The van der Waals surface area contributed by atoms with Crippen molar-refractivity contribution in [3.05, 3.63) is 23.8 Å². The van der Waals surface area contributed by atoms with Gasteiger partial charge in [0.1, 0.15) is 10.6 Å². The van der Waals surface area contributed by atoms with Crippen LogP contribution in [0.25, 0.3) is 0 Å². The van der Waals surface area contributed by atoms with Crippen molar-refractivity contribution in [2.24, 2.45) is 0 Å². The van der Waals surface area contributed by atoms with Crippen molar-refractivity contribution in [3.8, 4) is 0 Å². The summed E-state index contributed by atoms with van der Waals surface area (Å²) in [5.74, 6) is -1.01. The van der Waals surface area contributed by atoms with E-state index in [1.165, 1.54) is 10.8 Å². The number of rotatable bonds is 6. The van der Waals surface area contributed by atoms with Crippen LogP contribution in [-0.4, -0.2) is 44.7 Å². The second-order valence-electron chi connectivity index (χ2n) is 4.52. The third kappa shape index (κ3) is 3.25. The molecule has 0 bridgehead atoms. The highest BCUT2D eigenvalue weighted by molar-refractivity contribution is 7.89. The summed E-state index contributed by atoms with van der Waals surface area (Å²) in [5, 5.41) is 21.9. The molecule has 0 saturated heterocycles. The number of carbonyl (C=O) groups is 1. The van der Waals surface area contributed by atoms with Crippen molar-refractivity contribution in [3.63, 3.8) is 0 Å². The summed E-state index contributed by atoms with van der Waals surface area (Å²) in [5.41, 5.74) is -0.0927. The SMILES string of the molecule is CC(C)n1cc(S(=O)(=O)NCc2nn[nH]n2)cc1C(=O)O. The standard InChI is InChI=1S/C10H14N6O4S/c1-6(2)16-5-7(3-8(16)10(17)18)21(19,20)11-4-9-12-14-15-13-9/h3,5-6,11H,4H2,1-2H3,(H,17,18)(H,12,13,14,15). The highest BCUT2D eigenvalue weighted by Gasteiger charge is 2.22. The summed E-state index contributed by atoms with van der Waals surface area (Å²) in [4.78, 5) is 11.0. The summed E-state index contributed by atoms with van der Waals surface area (Å²) in [6.45, 7) is 3.37. The molecule has 0 aliphatic rings. The lowest BCUT2D eigenvalue weighted by Gasteiger charge is -2.09. The molecule has 2 aromatic heterocycles. The number of carboxylic acid groups (broad SMARTS) is 1. The number of carboxylic acids is 1. The summed E-state index contributed by atoms with van der Waals surface area (Å²) in [6, 6.07) is 0.929. The van der Waals surface area contributed by atoms with E-state index in [0.29, 0.717) is 0 Å². The Hall–Kier alpha value is -2.27. The van der Waals surface area contributed by atoms with E-state index >= 15 is 0 Å². The molecule has 0 radical (unpaired) electrons. The molecule has 0 saturated carbocycles. The topological polar surface area (TPSA) is 143 Å². The van der Waals surface area contributed by atoms with Gasteiger partial charge in [-0.05, 0) is 19.9 Å². The third-order valence-electron chi connectivity index (χ3n) is 2.72. The molecular weight excluding hydrogens is 300 g/mol. The second kappa shape index (κ2) is 5.61. The van der Waals surface area contributed by atoms with Crippen LogP contribution in [0.1, 0.15) is 36.2 Å². The van der Waals surface area contributed by atoms with E-state index in [1.807, 2.05) is 0 Å². The number of nitrogens with one attached hydrogen (secondary N) is 2. The van der Waals surface area contributed by atoms with Crippen molar-refractivity contribution < 1.29 is 18.3 Å². The minimum absolute atomic E-state index is 0.0927. The number of H-pyrrole nitrogens is 1. The first-order valence-electron chi connectivity index (χ1n) is 5.98. The van der Waals surface area contributed by atoms with Crippen LogP contribution < -0.4 is 4.72 Å². The normalized spacial score (nSPS) is 12.0. The molecule has 2 rings (SSSR count). The number of hydrogen-bond donors (Lipinski definition) is 3. The van der Waals surface area contributed by atoms with Crippen LogP contribution in [0.4, 0.5) is 0 Å². The fraction of sp³-hybridized carbons (Fsp3) is 0.400. The zero-order valence-electron chi connectivity index (χ0n) is 11.3. The molecule has 0 atom stereocenters. The summed E-state index contributed by atoms with van der Waals surface area (Å²) >= 11 is 0. The lowest BCUT2D eigenvalue weighted by Crippen LogP contribution is -2.23. The zero-order chi connectivity index (χ0) is 15.6. The van der Waals surface area contributed by atoms with Gasteiger partial charge in [-0.2, -0.15) is 5.21 Å². The number of aromatic nitrogens is 5. The van der Waals surface area contributed by atoms with Crippen LogP contribution in [0.5, 0.6) is 0 Å². The van der Waals surface area contributed by atoms with Gasteiger partial charge >= 0.3 is 5.97 Å². The Labute approximate surface area is 120 Å². The Morgan fingerprint density at radius 1 is 1.52 bits per heavy atom. The molecule has 114 valence electrons. The highest BCUT2D eigenvalue weighted by atomic mass is 32.2. The van der Waals surface area contributed by atoms with Gasteiger partial charge in [-0.15, -0.1) is 10.2 Å². The number of nitrogens with zero attached hydrogens (tertiary/aromatic N) is 4. The van der Waals surface area contributed by atoms with Gasteiger partial charge in [-0.3, -0.25) is 0 Å². The van der Waals surface area contributed by atoms with Crippen LogP contribution in [0.3, 0.4) is 0 Å². The molecule has 3 N–H and O–H groups in total.